The SMILES string of the molecule is COC(=O)CC(C)NC(=O)c1cccc2ccccc12. The van der Waals surface area contributed by atoms with E-state index in [4.69, 9.17) is 0 Å². The number of rotatable bonds is 4. The molecule has 0 spiro atoms. The van der Waals surface area contributed by atoms with Gasteiger partial charge in [0, 0.05) is 11.6 Å². The summed E-state index contributed by atoms with van der Waals surface area (Å²) in [6.45, 7) is 1.78. The van der Waals surface area contributed by atoms with Crippen molar-refractivity contribution in [1.82, 2.24) is 5.32 Å². The van der Waals surface area contributed by atoms with E-state index in [1.54, 1.807) is 13.0 Å². The van der Waals surface area contributed by atoms with Gasteiger partial charge in [-0.2, -0.15) is 0 Å². The first-order chi connectivity index (χ1) is 9.61. The molecule has 0 saturated heterocycles. The first-order valence-corrected chi connectivity index (χ1v) is 6.47. The Bertz CT molecular complexity index is 631. The number of fused-ring (bicyclic) bond motifs is 1. The van der Waals surface area contributed by atoms with Crippen LogP contribution in [0.25, 0.3) is 10.8 Å². The molecule has 1 atom stereocenters. The van der Waals surface area contributed by atoms with Crippen LogP contribution in [0.2, 0.25) is 0 Å². The third-order valence-corrected chi connectivity index (χ3v) is 3.11. The van der Waals surface area contributed by atoms with Gasteiger partial charge in [0.15, 0.2) is 0 Å². The Kier molecular flexibility index (Phi) is 4.35. The molecule has 2 rings (SSSR count). The van der Waals surface area contributed by atoms with E-state index in [9.17, 15) is 9.59 Å². The Balaban J connectivity index is 2.17. The van der Waals surface area contributed by atoms with Crippen LogP contribution >= 0.6 is 0 Å². The van der Waals surface area contributed by atoms with E-state index in [0.29, 0.717) is 5.56 Å². The van der Waals surface area contributed by atoms with E-state index in [0.717, 1.165) is 10.8 Å². The van der Waals surface area contributed by atoms with E-state index < -0.39 is 0 Å². The Hall–Kier alpha value is -2.36. The van der Waals surface area contributed by atoms with E-state index in [1.807, 2.05) is 36.4 Å². The molecular weight excluding hydrogens is 254 g/mol. The largest absolute Gasteiger partial charge is 0.469 e. The average Bonchev–Trinajstić information content (AvgIpc) is 2.46. The molecule has 4 nitrogen and oxygen atoms in total. The molecule has 0 bridgehead atoms. The zero-order chi connectivity index (χ0) is 14.5. The van der Waals surface area contributed by atoms with Crippen molar-refractivity contribution < 1.29 is 14.3 Å². The lowest BCUT2D eigenvalue weighted by Crippen LogP contribution is -2.34. The minimum Gasteiger partial charge on any atom is -0.469 e. The third-order valence-electron chi connectivity index (χ3n) is 3.11. The molecule has 1 unspecified atom stereocenters. The maximum Gasteiger partial charge on any atom is 0.307 e. The predicted molar refractivity (Wildman–Crippen MR) is 77.5 cm³/mol. The molecule has 104 valence electrons. The normalized spacial score (nSPS) is 11.9. The molecular formula is C16H17NO3. The zero-order valence-electron chi connectivity index (χ0n) is 11.6. The third kappa shape index (κ3) is 3.15. The lowest BCUT2D eigenvalue weighted by Gasteiger charge is -2.13. The Labute approximate surface area is 117 Å². The van der Waals surface area contributed by atoms with Gasteiger partial charge < -0.3 is 10.1 Å². The van der Waals surface area contributed by atoms with Gasteiger partial charge in [-0.15, -0.1) is 0 Å². The minimum atomic E-state index is -0.337. The van der Waals surface area contributed by atoms with E-state index in [2.05, 4.69) is 10.1 Å². The number of methoxy groups -OCH3 is 1. The maximum atomic E-state index is 12.3. The van der Waals surface area contributed by atoms with Gasteiger partial charge in [0.1, 0.15) is 0 Å². The van der Waals surface area contributed by atoms with E-state index >= 15 is 0 Å². The van der Waals surface area contributed by atoms with Crippen molar-refractivity contribution in [2.75, 3.05) is 7.11 Å². The highest BCUT2D eigenvalue weighted by Gasteiger charge is 2.15. The van der Waals surface area contributed by atoms with Gasteiger partial charge in [-0.3, -0.25) is 9.59 Å². The highest BCUT2D eigenvalue weighted by molar-refractivity contribution is 6.07. The number of benzene rings is 2. The second kappa shape index (κ2) is 6.19. The van der Waals surface area contributed by atoms with Crippen LogP contribution in [-0.4, -0.2) is 25.0 Å². The number of ether oxygens (including phenoxy) is 1. The standard InChI is InChI=1S/C16H17NO3/c1-11(10-15(18)20-2)17-16(19)14-9-5-7-12-6-3-4-8-13(12)14/h3-9,11H,10H2,1-2H3,(H,17,19). The van der Waals surface area contributed by atoms with Crippen molar-refractivity contribution in [3.63, 3.8) is 0 Å². The minimum absolute atomic E-state index is 0.160. The molecule has 0 aliphatic rings. The number of nitrogens with one attached hydrogen (secondary N) is 1. The van der Waals surface area contributed by atoms with Gasteiger partial charge in [-0.25, -0.2) is 0 Å². The molecule has 1 amide bonds. The number of carbonyl (C=O) groups is 2. The second-order valence-electron chi connectivity index (χ2n) is 4.68. The molecule has 0 radical (unpaired) electrons. The summed E-state index contributed by atoms with van der Waals surface area (Å²) < 4.78 is 4.59. The van der Waals surface area contributed by atoms with Crippen LogP contribution in [0.3, 0.4) is 0 Å². The molecule has 0 aromatic heterocycles. The molecule has 0 saturated carbocycles. The van der Waals surface area contributed by atoms with Crippen LogP contribution in [-0.2, 0) is 9.53 Å². The molecule has 20 heavy (non-hydrogen) atoms. The topological polar surface area (TPSA) is 55.4 Å². The highest BCUT2D eigenvalue weighted by Crippen LogP contribution is 2.18. The number of amides is 1. The lowest BCUT2D eigenvalue weighted by molar-refractivity contribution is -0.141. The van der Waals surface area contributed by atoms with Crippen molar-refractivity contribution in [3.8, 4) is 0 Å². The molecule has 0 aliphatic heterocycles. The summed E-state index contributed by atoms with van der Waals surface area (Å²) >= 11 is 0. The van der Waals surface area contributed by atoms with Crippen molar-refractivity contribution >= 4 is 22.6 Å². The first-order valence-electron chi connectivity index (χ1n) is 6.47. The average molecular weight is 271 g/mol. The molecule has 0 heterocycles. The summed E-state index contributed by atoms with van der Waals surface area (Å²) in [5.41, 5.74) is 0.611. The summed E-state index contributed by atoms with van der Waals surface area (Å²) in [7, 11) is 1.33. The highest BCUT2D eigenvalue weighted by atomic mass is 16.5. The van der Waals surface area contributed by atoms with Gasteiger partial charge in [0.05, 0.1) is 13.5 Å². The molecule has 1 N–H and O–H groups in total. The number of carbonyl (C=O) groups excluding carboxylic acids is 2. The van der Waals surface area contributed by atoms with Crippen LogP contribution in [0.5, 0.6) is 0 Å². The summed E-state index contributed by atoms with van der Waals surface area (Å²) in [4.78, 5) is 23.5. The van der Waals surface area contributed by atoms with Crippen molar-refractivity contribution in [3.05, 3.63) is 48.0 Å². The van der Waals surface area contributed by atoms with Crippen LogP contribution in [0, 0.1) is 0 Å². The van der Waals surface area contributed by atoms with Gasteiger partial charge in [-0.05, 0) is 23.8 Å². The van der Waals surface area contributed by atoms with Crippen molar-refractivity contribution in [2.45, 2.75) is 19.4 Å². The van der Waals surface area contributed by atoms with Crippen LogP contribution in [0.1, 0.15) is 23.7 Å². The molecule has 0 fully saturated rings. The lowest BCUT2D eigenvalue weighted by atomic mass is 10.0. The molecule has 0 aliphatic carbocycles. The molecule has 2 aromatic rings. The van der Waals surface area contributed by atoms with Crippen LogP contribution < -0.4 is 5.32 Å². The second-order valence-corrected chi connectivity index (χ2v) is 4.68. The van der Waals surface area contributed by atoms with Crippen LogP contribution in [0.4, 0.5) is 0 Å². The molecule has 2 aromatic carbocycles. The van der Waals surface area contributed by atoms with Crippen molar-refractivity contribution in [2.24, 2.45) is 0 Å². The monoisotopic (exact) mass is 271 g/mol. The zero-order valence-corrected chi connectivity index (χ0v) is 11.6. The summed E-state index contributed by atoms with van der Waals surface area (Å²) in [6, 6.07) is 13.0. The smallest absolute Gasteiger partial charge is 0.307 e. The van der Waals surface area contributed by atoms with Crippen LogP contribution in [0.15, 0.2) is 42.5 Å². The van der Waals surface area contributed by atoms with E-state index in [1.165, 1.54) is 7.11 Å². The van der Waals surface area contributed by atoms with Gasteiger partial charge in [-0.1, -0.05) is 36.4 Å². The fraction of sp³-hybridized carbons (Fsp3) is 0.250. The summed E-state index contributed by atoms with van der Waals surface area (Å²) in [5, 5.41) is 4.73. The maximum absolute atomic E-state index is 12.3. The number of hydrogen-bond donors (Lipinski definition) is 1. The summed E-state index contributed by atoms with van der Waals surface area (Å²) in [6.07, 6.45) is 0.160. The Morgan fingerprint density at radius 2 is 1.85 bits per heavy atom. The Morgan fingerprint density at radius 3 is 2.60 bits per heavy atom. The Morgan fingerprint density at radius 1 is 1.15 bits per heavy atom. The van der Waals surface area contributed by atoms with Gasteiger partial charge >= 0.3 is 5.97 Å². The number of esters is 1. The van der Waals surface area contributed by atoms with Gasteiger partial charge in [0.2, 0.25) is 0 Å². The quantitative estimate of drug-likeness (QED) is 0.869. The van der Waals surface area contributed by atoms with E-state index in [-0.39, 0.29) is 24.3 Å². The fourth-order valence-electron chi connectivity index (χ4n) is 2.11. The summed E-state index contributed by atoms with van der Waals surface area (Å²) in [5.74, 6) is -0.520. The molecule has 4 heteroatoms. The van der Waals surface area contributed by atoms with Gasteiger partial charge in [0.25, 0.3) is 5.91 Å². The van der Waals surface area contributed by atoms with Crippen molar-refractivity contribution in [1.29, 1.82) is 0 Å². The number of hydrogen-bond acceptors (Lipinski definition) is 3. The predicted octanol–water partition coefficient (Wildman–Crippen LogP) is 2.52. The first kappa shape index (κ1) is 14.1. The fourth-order valence-corrected chi connectivity index (χ4v) is 2.11.